The molecule has 62 heavy (non-hydrogen) atoms. The number of carbonyl (C=O) groups is 4. The Morgan fingerprint density at radius 2 is 1.58 bits per heavy atom. The molecule has 2 bridgehead atoms. The van der Waals surface area contributed by atoms with Crippen LogP contribution in [0, 0.1) is 29.6 Å². The van der Waals surface area contributed by atoms with Crippen molar-refractivity contribution < 1.29 is 57.9 Å². The second kappa shape index (κ2) is 21.8. The first-order valence-corrected chi connectivity index (χ1v) is 26.2. The van der Waals surface area contributed by atoms with Crippen LogP contribution in [0.25, 0.3) is 0 Å². The quantitative estimate of drug-likeness (QED) is 0.105. The summed E-state index contributed by atoms with van der Waals surface area (Å²) in [6.45, 7) is 22.2. The molecule has 1 saturated carbocycles. The van der Waals surface area contributed by atoms with E-state index in [4.69, 9.17) is 23.4 Å². The lowest BCUT2D eigenvalue weighted by atomic mass is 9.81. The molecule has 3 heterocycles. The number of allylic oxidation sites excluding steroid dienone is 3. The first-order valence-electron chi connectivity index (χ1n) is 23.3. The van der Waals surface area contributed by atoms with Gasteiger partial charge in [0.2, 0.25) is 5.79 Å². The molecule has 14 unspecified atom stereocenters. The Balaban J connectivity index is 1.73. The fraction of sp³-hybridized carbons (Fsp3) is 0.833. The van der Waals surface area contributed by atoms with Crippen molar-refractivity contribution in [2.75, 3.05) is 20.8 Å². The monoisotopic (exact) mass is 892 g/mol. The first-order chi connectivity index (χ1) is 28.9. The van der Waals surface area contributed by atoms with Crippen LogP contribution in [0.15, 0.2) is 23.3 Å². The summed E-state index contributed by atoms with van der Waals surface area (Å²) in [7, 11) is 0.942. The lowest BCUT2D eigenvalue weighted by Gasteiger charge is -2.47. The van der Waals surface area contributed by atoms with E-state index in [0.717, 1.165) is 12.0 Å². The molecule has 14 atom stereocenters. The van der Waals surface area contributed by atoms with Gasteiger partial charge in [-0.05, 0) is 114 Å². The van der Waals surface area contributed by atoms with Gasteiger partial charge in [0, 0.05) is 44.9 Å². The number of carbonyl (C=O) groups excluding carboxylic acids is 4. The van der Waals surface area contributed by atoms with E-state index in [1.165, 1.54) is 19.1 Å². The third-order valence-electron chi connectivity index (χ3n) is 14.8. The molecule has 0 aromatic rings. The number of nitrogens with zero attached hydrogens (tertiary/aromatic N) is 1. The fourth-order valence-corrected chi connectivity index (χ4v) is 11.2. The zero-order chi connectivity index (χ0) is 46.5. The molecule has 0 aromatic carbocycles. The van der Waals surface area contributed by atoms with E-state index in [9.17, 15) is 34.5 Å². The average molecular weight is 892 g/mol. The Morgan fingerprint density at radius 1 is 0.935 bits per heavy atom. The average Bonchev–Trinajstić information content (AvgIpc) is 3.20. The summed E-state index contributed by atoms with van der Waals surface area (Å²) < 4.78 is 31.0. The van der Waals surface area contributed by atoms with Gasteiger partial charge >= 0.3 is 5.97 Å². The van der Waals surface area contributed by atoms with Gasteiger partial charge in [0.15, 0.2) is 8.32 Å². The van der Waals surface area contributed by atoms with Crippen LogP contribution in [0.5, 0.6) is 0 Å². The third kappa shape index (κ3) is 12.3. The SMILES string of the molecule is CCC1C=C(C)CC(C)CC(OC)C2OC(O)(C(=O)C(=O)N3CCCCC3C(=O)OC(C(C)=CC3CCC(O[Si](C)(C)C(C)(C)C)C(O)C3)C(C)C(O)CC1=O)C(C)CC2OC. The summed E-state index contributed by atoms with van der Waals surface area (Å²) in [6.07, 6.45) is 3.67. The number of ether oxygens (including phenoxy) is 4. The summed E-state index contributed by atoms with van der Waals surface area (Å²) in [5.74, 6) is -7.61. The Bertz CT molecular complexity index is 1620. The molecule has 4 aliphatic rings. The summed E-state index contributed by atoms with van der Waals surface area (Å²) in [5, 5.41) is 35.2. The van der Waals surface area contributed by atoms with Crippen molar-refractivity contribution in [2.45, 2.75) is 206 Å². The summed E-state index contributed by atoms with van der Waals surface area (Å²) in [6, 6.07) is -1.14. The number of piperidine rings is 1. The largest absolute Gasteiger partial charge is 0.456 e. The summed E-state index contributed by atoms with van der Waals surface area (Å²) in [4.78, 5) is 58.2. The van der Waals surface area contributed by atoms with Crippen molar-refractivity contribution in [3.8, 4) is 0 Å². The normalized spacial score (nSPS) is 38.5. The number of rotatable bonds is 7. The zero-order valence-corrected chi connectivity index (χ0v) is 41.1. The maximum absolute atomic E-state index is 14.4. The predicted octanol–water partition coefficient (Wildman–Crippen LogP) is 6.85. The van der Waals surface area contributed by atoms with Crippen molar-refractivity contribution in [3.05, 3.63) is 23.3 Å². The zero-order valence-electron chi connectivity index (χ0n) is 40.1. The van der Waals surface area contributed by atoms with E-state index in [0.29, 0.717) is 50.5 Å². The molecule has 2 saturated heterocycles. The number of Topliss-reactive ketones (excluding diaryl/α,β-unsaturated/α-hetero) is 2. The van der Waals surface area contributed by atoms with Crippen LogP contribution < -0.4 is 0 Å². The van der Waals surface area contributed by atoms with Crippen molar-refractivity contribution in [1.29, 1.82) is 0 Å². The van der Waals surface area contributed by atoms with Gasteiger partial charge in [-0.2, -0.15) is 0 Å². The minimum atomic E-state index is -2.51. The first kappa shape index (κ1) is 52.3. The summed E-state index contributed by atoms with van der Waals surface area (Å²) in [5.41, 5.74) is 1.65. The molecule has 3 aliphatic heterocycles. The molecule has 0 radical (unpaired) electrons. The second-order valence-electron chi connectivity index (χ2n) is 20.8. The van der Waals surface area contributed by atoms with Gasteiger partial charge in [0.05, 0.1) is 30.5 Å². The van der Waals surface area contributed by atoms with Crippen LogP contribution in [-0.4, -0.2) is 127 Å². The van der Waals surface area contributed by atoms with Crippen LogP contribution in [-0.2, 0) is 42.6 Å². The molecule has 14 heteroatoms. The topological polar surface area (TPSA) is 178 Å². The van der Waals surface area contributed by atoms with E-state index in [2.05, 4.69) is 40.8 Å². The molecule has 3 N–H and O–H groups in total. The maximum atomic E-state index is 14.4. The number of aliphatic hydroxyl groups excluding tert-OH is 2. The summed E-state index contributed by atoms with van der Waals surface area (Å²) >= 11 is 0. The highest BCUT2D eigenvalue weighted by molar-refractivity contribution is 6.74. The van der Waals surface area contributed by atoms with E-state index in [1.807, 2.05) is 32.9 Å². The number of hydrogen-bond donors (Lipinski definition) is 3. The Hall–Kier alpha value is -2.30. The van der Waals surface area contributed by atoms with Crippen molar-refractivity contribution in [1.82, 2.24) is 4.90 Å². The number of amides is 1. The number of methoxy groups -OCH3 is 2. The number of ketones is 2. The van der Waals surface area contributed by atoms with Crippen molar-refractivity contribution in [3.63, 3.8) is 0 Å². The highest BCUT2D eigenvalue weighted by Crippen LogP contribution is 2.42. The fourth-order valence-electron chi connectivity index (χ4n) is 9.84. The molecule has 354 valence electrons. The van der Waals surface area contributed by atoms with Gasteiger partial charge in [-0.3, -0.25) is 14.4 Å². The van der Waals surface area contributed by atoms with Crippen LogP contribution in [0.1, 0.15) is 133 Å². The number of cyclic esters (lactones) is 1. The highest BCUT2D eigenvalue weighted by Gasteiger charge is 2.56. The minimum absolute atomic E-state index is 0.00815. The van der Waals surface area contributed by atoms with E-state index in [-0.39, 0.29) is 54.6 Å². The van der Waals surface area contributed by atoms with Crippen LogP contribution in [0.4, 0.5) is 0 Å². The van der Waals surface area contributed by atoms with Gasteiger partial charge in [-0.15, -0.1) is 0 Å². The molecular formula is C48H81NO12Si. The van der Waals surface area contributed by atoms with Crippen molar-refractivity contribution in [2.24, 2.45) is 29.6 Å². The van der Waals surface area contributed by atoms with E-state index < -0.39 is 92.2 Å². The molecule has 0 spiro atoms. The predicted molar refractivity (Wildman–Crippen MR) is 239 cm³/mol. The highest BCUT2D eigenvalue weighted by atomic mass is 28.4. The lowest BCUT2D eigenvalue weighted by molar-refractivity contribution is -0.302. The molecule has 13 nitrogen and oxygen atoms in total. The van der Waals surface area contributed by atoms with Gasteiger partial charge in [0.25, 0.3) is 11.7 Å². The van der Waals surface area contributed by atoms with Gasteiger partial charge in [-0.25, -0.2) is 4.79 Å². The number of esters is 1. The lowest BCUT2D eigenvalue weighted by Crippen LogP contribution is -2.64. The molecule has 1 amide bonds. The Labute approximate surface area is 372 Å². The smallest absolute Gasteiger partial charge is 0.329 e. The number of fused-ring (bicyclic) bond motifs is 3. The minimum Gasteiger partial charge on any atom is -0.456 e. The Kier molecular flexibility index (Phi) is 18.4. The molecule has 3 fully saturated rings. The van der Waals surface area contributed by atoms with Gasteiger partial charge in [-0.1, -0.05) is 66.2 Å². The molecule has 4 rings (SSSR count). The molecule has 1 aliphatic carbocycles. The third-order valence-corrected chi connectivity index (χ3v) is 19.3. The number of aliphatic hydroxyl groups is 3. The van der Waals surface area contributed by atoms with E-state index >= 15 is 0 Å². The molecular weight excluding hydrogens is 811 g/mol. The van der Waals surface area contributed by atoms with Crippen LogP contribution in [0.2, 0.25) is 18.1 Å². The van der Waals surface area contributed by atoms with Crippen molar-refractivity contribution >= 4 is 31.8 Å². The standard InChI is InChI=1S/C48H81NO12Si/c1-14-34-22-28(2)21-29(3)23-40(57-10)43-41(58-11)25-31(5)48(56,60-43)44(53)45(54)49-20-16-15-17-35(49)46(55)59-42(32(6)36(50)27-37(34)51)30(4)24-33-18-19-39(38(52)26-33)61-62(12,13)47(7,8)9/h22,24,29,31-36,38-43,50,52,56H,14-21,23,25-27H2,1-13H3. The van der Waals surface area contributed by atoms with Crippen LogP contribution in [0.3, 0.4) is 0 Å². The molecule has 0 aromatic heterocycles. The second-order valence-corrected chi connectivity index (χ2v) is 25.6. The Morgan fingerprint density at radius 3 is 2.18 bits per heavy atom. The van der Waals surface area contributed by atoms with Gasteiger partial charge in [0.1, 0.15) is 24.0 Å². The maximum Gasteiger partial charge on any atom is 0.329 e. The van der Waals surface area contributed by atoms with Crippen LogP contribution >= 0.6 is 0 Å². The number of hydrogen-bond acceptors (Lipinski definition) is 12. The van der Waals surface area contributed by atoms with Gasteiger partial charge < -0.3 is 43.6 Å². The van der Waals surface area contributed by atoms with E-state index in [1.54, 1.807) is 13.8 Å².